The van der Waals surface area contributed by atoms with Gasteiger partial charge in [-0.3, -0.25) is 4.79 Å². The van der Waals surface area contributed by atoms with E-state index in [-0.39, 0.29) is 18.8 Å². The van der Waals surface area contributed by atoms with Crippen LogP contribution in [0.3, 0.4) is 0 Å². The summed E-state index contributed by atoms with van der Waals surface area (Å²) in [5.74, 6) is 0.696. The molecule has 0 bridgehead atoms. The summed E-state index contributed by atoms with van der Waals surface area (Å²) < 4.78 is 9.74. The first-order chi connectivity index (χ1) is 11.1. The molecule has 0 aliphatic heterocycles. The Hall–Kier alpha value is -3.10. The van der Waals surface area contributed by atoms with Crippen LogP contribution in [0.15, 0.2) is 28.8 Å². The Kier molecular flexibility index (Phi) is 4.09. The molecule has 3 aromatic rings. The molecule has 0 N–H and O–H groups in total. The minimum atomic E-state index is -0.427. The fraction of sp³-hybridized carbons (Fsp3) is 0.286. The van der Waals surface area contributed by atoms with Crippen molar-refractivity contribution in [3.63, 3.8) is 0 Å². The molecule has 118 valence electrons. The Balaban J connectivity index is 1.71. The van der Waals surface area contributed by atoms with E-state index in [1.807, 2.05) is 31.2 Å². The predicted molar refractivity (Wildman–Crippen MR) is 77.1 cm³/mol. The highest BCUT2D eigenvalue weighted by atomic mass is 16.5. The number of carbonyl (C=O) groups is 1. The van der Waals surface area contributed by atoms with Crippen LogP contribution in [-0.2, 0) is 22.5 Å². The normalized spacial score (nSPS) is 10.7. The highest BCUT2D eigenvalue weighted by Gasteiger charge is 2.13. The third-order valence-corrected chi connectivity index (χ3v) is 3.05. The molecular weight excluding hydrogens is 300 g/mol. The number of hydrogen-bond acceptors (Lipinski definition) is 8. The number of ether oxygens (including phenoxy) is 1. The van der Waals surface area contributed by atoms with Gasteiger partial charge in [0, 0.05) is 5.56 Å². The van der Waals surface area contributed by atoms with Gasteiger partial charge in [0.05, 0.1) is 7.11 Å². The van der Waals surface area contributed by atoms with Gasteiger partial charge in [-0.15, -0.1) is 10.2 Å². The average Bonchev–Trinajstić information content (AvgIpc) is 3.17. The van der Waals surface area contributed by atoms with Crippen LogP contribution in [-0.4, -0.2) is 43.4 Å². The molecule has 1 aromatic carbocycles. The molecule has 0 aliphatic carbocycles. The zero-order valence-electron chi connectivity index (χ0n) is 12.6. The number of hydrogen-bond donors (Lipinski definition) is 0. The largest absolute Gasteiger partial charge is 0.469 e. The summed E-state index contributed by atoms with van der Waals surface area (Å²) in [6.45, 7) is 2.17. The van der Waals surface area contributed by atoms with E-state index in [0.29, 0.717) is 11.7 Å². The average molecular weight is 314 g/mol. The van der Waals surface area contributed by atoms with Gasteiger partial charge in [-0.05, 0) is 18.2 Å². The zero-order chi connectivity index (χ0) is 16.2. The smallest absolute Gasteiger partial charge is 0.313 e. The maximum Gasteiger partial charge on any atom is 0.313 e. The van der Waals surface area contributed by atoms with E-state index in [1.54, 1.807) is 0 Å². The van der Waals surface area contributed by atoms with E-state index in [9.17, 15) is 4.79 Å². The second kappa shape index (κ2) is 6.34. The summed E-state index contributed by atoms with van der Waals surface area (Å²) in [5.41, 5.74) is 1.98. The van der Waals surface area contributed by atoms with E-state index in [0.717, 1.165) is 11.1 Å². The van der Waals surface area contributed by atoms with Crippen molar-refractivity contribution in [1.29, 1.82) is 0 Å². The molecule has 2 aromatic heterocycles. The second-order valence-electron chi connectivity index (χ2n) is 4.87. The van der Waals surface area contributed by atoms with Crippen LogP contribution >= 0.6 is 0 Å². The Bertz CT molecular complexity index is 825. The van der Waals surface area contributed by atoms with E-state index in [4.69, 9.17) is 4.52 Å². The van der Waals surface area contributed by atoms with Crippen molar-refractivity contribution in [1.82, 2.24) is 30.3 Å². The standard InChI is InChI=1S/C14H14N6O3/c1-9-4-3-5-10(6-9)14-15-12(23-18-14)8-20-17-11(16-19-20)7-13(21)22-2/h3-6H,7-8H2,1-2H3. The number of methoxy groups -OCH3 is 1. The molecule has 3 rings (SSSR count). The third-order valence-electron chi connectivity index (χ3n) is 3.05. The predicted octanol–water partition coefficient (Wildman–Crippen LogP) is 0.795. The molecule has 2 heterocycles. The SMILES string of the molecule is COC(=O)Cc1nnn(Cc2nc(-c3cccc(C)c3)no2)n1. The van der Waals surface area contributed by atoms with Crippen molar-refractivity contribution in [2.24, 2.45) is 0 Å². The number of carbonyl (C=O) groups excluding carboxylic acids is 1. The summed E-state index contributed by atoms with van der Waals surface area (Å²) in [5, 5.41) is 15.6. The van der Waals surface area contributed by atoms with Crippen molar-refractivity contribution < 1.29 is 14.1 Å². The van der Waals surface area contributed by atoms with Crippen LogP contribution in [0.25, 0.3) is 11.4 Å². The van der Waals surface area contributed by atoms with Crippen molar-refractivity contribution in [2.75, 3.05) is 7.11 Å². The van der Waals surface area contributed by atoms with Gasteiger partial charge in [-0.25, -0.2) is 0 Å². The summed E-state index contributed by atoms with van der Waals surface area (Å²) in [6, 6.07) is 7.80. The molecule has 9 heteroatoms. The minimum Gasteiger partial charge on any atom is -0.469 e. The number of nitrogens with zero attached hydrogens (tertiary/aromatic N) is 6. The molecule has 0 atom stereocenters. The van der Waals surface area contributed by atoms with Gasteiger partial charge < -0.3 is 9.26 Å². The molecule has 0 radical (unpaired) electrons. The summed E-state index contributed by atoms with van der Waals surface area (Å²) in [7, 11) is 1.30. The first kappa shape index (κ1) is 14.8. The molecule has 23 heavy (non-hydrogen) atoms. The highest BCUT2D eigenvalue weighted by molar-refractivity contribution is 5.71. The Morgan fingerprint density at radius 1 is 1.39 bits per heavy atom. The van der Waals surface area contributed by atoms with E-state index < -0.39 is 5.97 Å². The van der Waals surface area contributed by atoms with Gasteiger partial charge in [0.2, 0.25) is 5.82 Å². The molecule has 0 unspecified atom stereocenters. The van der Waals surface area contributed by atoms with Crippen molar-refractivity contribution >= 4 is 5.97 Å². The van der Waals surface area contributed by atoms with E-state index >= 15 is 0 Å². The molecule has 0 amide bonds. The van der Waals surface area contributed by atoms with Crippen LogP contribution in [0.1, 0.15) is 17.3 Å². The lowest BCUT2D eigenvalue weighted by Crippen LogP contribution is -2.08. The van der Waals surface area contributed by atoms with Crippen LogP contribution in [0, 0.1) is 6.92 Å². The van der Waals surface area contributed by atoms with Gasteiger partial charge >= 0.3 is 5.97 Å². The maximum atomic E-state index is 11.2. The molecule has 0 saturated carbocycles. The lowest BCUT2D eigenvalue weighted by atomic mass is 10.1. The Labute approximate surface area is 131 Å². The number of esters is 1. The lowest BCUT2D eigenvalue weighted by molar-refractivity contribution is -0.139. The van der Waals surface area contributed by atoms with Gasteiger partial charge in [-0.2, -0.15) is 9.78 Å². The topological polar surface area (TPSA) is 109 Å². The summed E-state index contributed by atoms with van der Waals surface area (Å²) in [6.07, 6.45) is -0.0329. The summed E-state index contributed by atoms with van der Waals surface area (Å²) >= 11 is 0. The van der Waals surface area contributed by atoms with Gasteiger partial charge in [0.25, 0.3) is 5.89 Å². The van der Waals surface area contributed by atoms with Crippen molar-refractivity contribution in [3.8, 4) is 11.4 Å². The number of rotatable bonds is 5. The first-order valence-electron chi connectivity index (χ1n) is 6.87. The molecule has 0 aliphatic rings. The number of benzene rings is 1. The molecule has 9 nitrogen and oxygen atoms in total. The van der Waals surface area contributed by atoms with Crippen LogP contribution in [0.5, 0.6) is 0 Å². The number of tetrazole rings is 1. The van der Waals surface area contributed by atoms with Crippen molar-refractivity contribution in [2.45, 2.75) is 19.9 Å². The molecule has 0 saturated heterocycles. The van der Waals surface area contributed by atoms with Gasteiger partial charge in [0.1, 0.15) is 13.0 Å². The zero-order valence-corrected chi connectivity index (χ0v) is 12.6. The fourth-order valence-corrected chi connectivity index (χ4v) is 1.96. The summed E-state index contributed by atoms with van der Waals surface area (Å²) in [4.78, 5) is 16.7. The Morgan fingerprint density at radius 3 is 3.04 bits per heavy atom. The monoisotopic (exact) mass is 314 g/mol. The maximum absolute atomic E-state index is 11.2. The lowest BCUT2D eigenvalue weighted by Gasteiger charge is -1.95. The number of aryl methyl sites for hydroxylation is 1. The first-order valence-corrected chi connectivity index (χ1v) is 6.87. The fourth-order valence-electron chi connectivity index (χ4n) is 1.96. The molecule has 0 spiro atoms. The quantitative estimate of drug-likeness (QED) is 0.636. The third kappa shape index (κ3) is 3.57. The van der Waals surface area contributed by atoms with Crippen molar-refractivity contribution in [3.05, 3.63) is 41.5 Å². The molecular formula is C14H14N6O3. The minimum absolute atomic E-state index is 0.0329. The highest BCUT2D eigenvalue weighted by Crippen LogP contribution is 2.17. The second-order valence-corrected chi connectivity index (χ2v) is 4.87. The van der Waals surface area contributed by atoms with Crippen LogP contribution < -0.4 is 0 Å². The van der Waals surface area contributed by atoms with Gasteiger partial charge in [-0.1, -0.05) is 28.9 Å². The van der Waals surface area contributed by atoms with Gasteiger partial charge in [0.15, 0.2) is 5.82 Å². The van der Waals surface area contributed by atoms with E-state index in [2.05, 4.69) is 30.3 Å². The van der Waals surface area contributed by atoms with Crippen LogP contribution in [0.4, 0.5) is 0 Å². The number of aromatic nitrogens is 6. The van der Waals surface area contributed by atoms with E-state index in [1.165, 1.54) is 11.9 Å². The Morgan fingerprint density at radius 2 is 2.26 bits per heavy atom. The molecule has 0 fully saturated rings. The van der Waals surface area contributed by atoms with Crippen LogP contribution in [0.2, 0.25) is 0 Å².